The van der Waals surface area contributed by atoms with Gasteiger partial charge in [-0.2, -0.15) is 0 Å². The predicted molar refractivity (Wildman–Crippen MR) is 145 cm³/mol. The highest BCUT2D eigenvalue weighted by atomic mass is 16.5. The molecule has 8 nitrogen and oxygen atoms in total. The smallest absolute Gasteiger partial charge is 0.258 e. The van der Waals surface area contributed by atoms with Gasteiger partial charge in [-0.15, -0.1) is 0 Å². The molecule has 2 fully saturated rings. The van der Waals surface area contributed by atoms with Gasteiger partial charge in [-0.1, -0.05) is 23.4 Å². The van der Waals surface area contributed by atoms with Gasteiger partial charge in [0.25, 0.3) is 11.5 Å². The molecule has 2 aliphatic heterocycles. The Kier molecular flexibility index (Phi) is 6.82. The van der Waals surface area contributed by atoms with Crippen LogP contribution in [-0.4, -0.2) is 59.4 Å². The number of benzene rings is 2. The van der Waals surface area contributed by atoms with E-state index in [0.29, 0.717) is 36.0 Å². The molecule has 0 unspecified atom stereocenters. The molecule has 0 atom stereocenters. The number of nitrogens with one attached hydrogen (secondary N) is 1. The number of aryl methyl sites for hydroxylation is 1. The van der Waals surface area contributed by atoms with E-state index in [-0.39, 0.29) is 11.5 Å². The van der Waals surface area contributed by atoms with Gasteiger partial charge in [0.1, 0.15) is 6.26 Å². The maximum atomic E-state index is 13.2. The van der Waals surface area contributed by atoms with Crippen molar-refractivity contribution >= 4 is 16.7 Å². The number of pyridine rings is 1. The standard InChI is InChI=1S/C30H32N4O4/c1-20-28(19-38-32-20)23-5-6-27-24(14-23)9-12-34(30(27)36)16-22-3-2-4-25(13-22)29(35)31-15-21-7-10-33(11-8-21)26-17-37-18-26/h2-6,9,12-14,19,21,26H,7-8,10-11,15-18H2,1H3,(H,31,35). The van der Waals surface area contributed by atoms with Gasteiger partial charge in [0.2, 0.25) is 0 Å². The van der Waals surface area contributed by atoms with Crippen LogP contribution in [0.2, 0.25) is 0 Å². The van der Waals surface area contributed by atoms with Crippen molar-refractivity contribution in [3.05, 3.63) is 88.2 Å². The van der Waals surface area contributed by atoms with Gasteiger partial charge < -0.3 is 19.1 Å². The molecule has 2 aromatic carbocycles. The van der Waals surface area contributed by atoms with Crippen LogP contribution in [0.1, 0.15) is 34.5 Å². The van der Waals surface area contributed by atoms with Crippen molar-refractivity contribution in [1.29, 1.82) is 0 Å². The van der Waals surface area contributed by atoms with Crippen molar-refractivity contribution in [2.75, 3.05) is 32.8 Å². The highest BCUT2D eigenvalue weighted by Crippen LogP contribution is 2.26. The molecule has 0 aliphatic carbocycles. The first-order chi connectivity index (χ1) is 18.5. The summed E-state index contributed by atoms with van der Waals surface area (Å²) >= 11 is 0. The fraction of sp³-hybridized carbons (Fsp3) is 0.367. The largest absolute Gasteiger partial charge is 0.378 e. The van der Waals surface area contributed by atoms with E-state index >= 15 is 0 Å². The number of fused-ring (bicyclic) bond motifs is 1. The Morgan fingerprint density at radius 1 is 1.11 bits per heavy atom. The SMILES string of the molecule is Cc1nocc1-c1ccc2c(=O)n(Cc3cccc(C(=O)NCC4CCN(C5COC5)CC4)c3)ccc2c1. The predicted octanol–water partition coefficient (Wildman–Crippen LogP) is 3.85. The fourth-order valence-electron chi connectivity index (χ4n) is 5.45. The van der Waals surface area contributed by atoms with Crippen LogP contribution in [0.3, 0.4) is 0 Å². The quantitative estimate of drug-likeness (QED) is 0.405. The van der Waals surface area contributed by atoms with Crippen molar-refractivity contribution in [3.63, 3.8) is 0 Å². The number of nitrogens with zero attached hydrogens (tertiary/aromatic N) is 3. The lowest BCUT2D eigenvalue weighted by molar-refractivity contribution is -0.0735. The minimum atomic E-state index is -0.0657. The molecule has 0 bridgehead atoms. The van der Waals surface area contributed by atoms with E-state index in [1.807, 2.05) is 61.7 Å². The lowest BCUT2D eigenvalue weighted by Crippen LogP contribution is -2.52. The van der Waals surface area contributed by atoms with Crippen LogP contribution in [-0.2, 0) is 11.3 Å². The number of rotatable bonds is 7. The summed E-state index contributed by atoms with van der Waals surface area (Å²) in [7, 11) is 0. The number of aromatic nitrogens is 2. The highest BCUT2D eigenvalue weighted by Gasteiger charge is 2.29. The number of piperidine rings is 1. The minimum absolute atomic E-state index is 0.0641. The number of likely N-dealkylation sites (tertiary alicyclic amines) is 1. The average molecular weight is 513 g/mol. The van der Waals surface area contributed by atoms with Gasteiger partial charge in [-0.25, -0.2) is 0 Å². The zero-order valence-electron chi connectivity index (χ0n) is 21.6. The molecule has 0 spiro atoms. The summed E-state index contributed by atoms with van der Waals surface area (Å²) in [5.41, 5.74) is 4.16. The number of amides is 1. The van der Waals surface area contributed by atoms with Crippen molar-refractivity contribution in [3.8, 4) is 11.1 Å². The van der Waals surface area contributed by atoms with E-state index in [4.69, 9.17) is 9.26 Å². The van der Waals surface area contributed by atoms with Gasteiger partial charge in [-0.3, -0.25) is 14.5 Å². The Morgan fingerprint density at radius 3 is 2.68 bits per heavy atom. The maximum absolute atomic E-state index is 13.2. The number of hydrogen-bond acceptors (Lipinski definition) is 6. The second-order valence-electron chi connectivity index (χ2n) is 10.4. The monoisotopic (exact) mass is 512 g/mol. The molecule has 0 saturated carbocycles. The van der Waals surface area contributed by atoms with Crippen LogP contribution >= 0.6 is 0 Å². The van der Waals surface area contributed by atoms with E-state index in [1.54, 1.807) is 10.8 Å². The van der Waals surface area contributed by atoms with Gasteiger partial charge >= 0.3 is 0 Å². The molecule has 0 radical (unpaired) electrons. The van der Waals surface area contributed by atoms with Gasteiger partial charge in [0.15, 0.2) is 0 Å². The Balaban J connectivity index is 1.10. The first-order valence-corrected chi connectivity index (χ1v) is 13.3. The molecule has 6 rings (SSSR count). The van der Waals surface area contributed by atoms with Gasteiger partial charge in [-0.05, 0) is 85.6 Å². The molecule has 1 N–H and O–H groups in total. The van der Waals surface area contributed by atoms with Crippen LogP contribution < -0.4 is 10.9 Å². The first kappa shape index (κ1) is 24.6. The molecule has 2 saturated heterocycles. The number of carbonyl (C=O) groups is 1. The summed E-state index contributed by atoms with van der Waals surface area (Å²) in [5.74, 6) is 0.439. The van der Waals surface area contributed by atoms with Gasteiger partial charge in [0.05, 0.1) is 31.5 Å². The molecule has 196 valence electrons. The molecular weight excluding hydrogens is 480 g/mol. The number of hydrogen-bond donors (Lipinski definition) is 1. The summed E-state index contributed by atoms with van der Waals surface area (Å²) < 4.78 is 12.1. The average Bonchev–Trinajstić information content (AvgIpc) is 3.34. The topological polar surface area (TPSA) is 89.6 Å². The number of carbonyl (C=O) groups excluding carboxylic acids is 1. The lowest BCUT2D eigenvalue weighted by Gasteiger charge is -2.41. The van der Waals surface area contributed by atoms with Crippen molar-refractivity contribution in [2.45, 2.75) is 32.4 Å². The Morgan fingerprint density at radius 2 is 1.95 bits per heavy atom. The first-order valence-electron chi connectivity index (χ1n) is 13.3. The van der Waals surface area contributed by atoms with E-state index < -0.39 is 0 Å². The molecule has 2 aliphatic rings. The van der Waals surface area contributed by atoms with E-state index in [0.717, 1.165) is 66.9 Å². The third-order valence-corrected chi connectivity index (χ3v) is 7.92. The Labute approximate surface area is 221 Å². The summed E-state index contributed by atoms with van der Waals surface area (Å²) in [6.45, 7) is 6.84. The second kappa shape index (κ2) is 10.6. The van der Waals surface area contributed by atoms with Crippen LogP contribution in [0, 0.1) is 12.8 Å². The van der Waals surface area contributed by atoms with Gasteiger partial charge in [0, 0.05) is 29.3 Å². The molecule has 4 aromatic rings. The van der Waals surface area contributed by atoms with Crippen molar-refractivity contribution in [1.82, 2.24) is 19.9 Å². The molecular formula is C30H32N4O4. The zero-order chi connectivity index (χ0) is 26.1. The lowest BCUT2D eigenvalue weighted by atomic mass is 9.95. The number of ether oxygens (including phenoxy) is 1. The van der Waals surface area contributed by atoms with Crippen LogP contribution in [0.15, 0.2) is 70.3 Å². The molecule has 4 heterocycles. The maximum Gasteiger partial charge on any atom is 0.258 e. The molecule has 8 heteroatoms. The van der Waals surface area contributed by atoms with E-state index in [2.05, 4.69) is 15.4 Å². The summed E-state index contributed by atoms with van der Waals surface area (Å²) in [4.78, 5) is 28.6. The minimum Gasteiger partial charge on any atom is -0.378 e. The zero-order valence-corrected chi connectivity index (χ0v) is 21.6. The third kappa shape index (κ3) is 5.01. The summed E-state index contributed by atoms with van der Waals surface area (Å²) in [6.07, 6.45) is 5.63. The third-order valence-electron chi connectivity index (χ3n) is 7.92. The highest BCUT2D eigenvalue weighted by molar-refractivity contribution is 5.94. The van der Waals surface area contributed by atoms with Crippen LogP contribution in [0.5, 0.6) is 0 Å². The van der Waals surface area contributed by atoms with E-state index in [1.165, 1.54) is 0 Å². The fourth-order valence-corrected chi connectivity index (χ4v) is 5.45. The Hall–Kier alpha value is -3.75. The van der Waals surface area contributed by atoms with Crippen molar-refractivity contribution in [2.24, 2.45) is 5.92 Å². The molecule has 38 heavy (non-hydrogen) atoms. The van der Waals surface area contributed by atoms with E-state index in [9.17, 15) is 9.59 Å². The summed E-state index contributed by atoms with van der Waals surface area (Å²) in [6, 6.07) is 15.8. The second-order valence-corrected chi connectivity index (χ2v) is 10.4. The normalized spacial score (nSPS) is 17.0. The summed E-state index contributed by atoms with van der Waals surface area (Å²) in [5, 5.41) is 8.58. The molecule has 2 aromatic heterocycles. The van der Waals surface area contributed by atoms with Crippen LogP contribution in [0.4, 0.5) is 0 Å². The van der Waals surface area contributed by atoms with Crippen LogP contribution in [0.25, 0.3) is 21.9 Å². The van der Waals surface area contributed by atoms with Crippen molar-refractivity contribution < 1.29 is 14.1 Å². The molecule has 1 amide bonds. The Bertz CT molecular complexity index is 1510.